The number of carbonyl (C=O) groups excluding carboxylic acids is 1. The van der Waals surface area contributed by atoms with Crippen molar-refractivity contribution in [2.75, 3.05) is 0 Å². The molecule has 0 amide bonds. The smallest absolute Gasteiger partial charge is 0.339 e. The second kappa shape index (κ2) is 3.34. The number of fused-ring (bicyclic) bond motifs is 2. The summed E-state index contributed by atoms with van der Waals surface area (Å²) in [6.45, 7) is 8.36. The van der Waals surface area contributed by atoms with Gasteiger partial charge in [0.25, 0.3) is 0 Å². The molecule has 0 aromatic carbocycles. The number of hydrogen-bond acceptors (Lipinski definition) is 2. The summed E-state index contributed by atoms with van der Waals surface area (Å²) in [6, 6.07) is 0. The summed E-state index contributed by atoms with van der Waals surface area (Å²) in [6.07, 6.45) is 6.60. The molecule has 1 aliphatic heterocycles. The van der Waals surface area contributed by atoms with Crippen LogP contribution >= 0.6 is 0 Å². The summed E-state index contributed by atoms with van der Waals surface area (Å²) in [7, 11) is 0. The third-order valence-corrected chi connectivity index (χ3v) is 4.63. The van der Waals surface area contributed by atoms with Crippen molar-refractivity contribution in [3.8, 4) is 0 Å². The van der Waals surface area contributed by atoms with Gasteiger partial charge in [0.1, 0.15) is 5.76 Å². The van der Waals surface area contributed by atoms with Crippen molar-refractivity contribution >= 4 is 5.97 Å². The maximum absolute atomic E-state index is 11.6. The standard InChI is InChI=1S/C15H18O2/c1-9-5-4-6-15(3)8-13-11(7-12(9)15)10(2)14(16)17-13/h8,12H,1,4-7H2,2-3H3/t12-,15-/m1/s1. The van der Waals surface area contributed by atoms with E-state index in [9.17, 15) is 4.79 Å². The zero-order valence-electron chi connectivity index (χ0n) is 10.5. The molecule has 90 valence electrons. The van der Waals surface area contributed by atoms with Crippen molar-refractivity contribution in [1.82, 2.24) is 0 Å². The van der Waals surface area contributed by atoms with E-state index in [1.54, 1.807) is 0 Å². The van der Waals surface area contributed by atoms with Crippen molar-refractivity contribution in [3.63, 3.8) is 0 Å². The van der Waals surface area contributed by atoms with Crippen molar-refractivity contribution in [2.24, 2.45) is 11.3 Å². The van der Waals surface area contributed by atoms with Crippen LogP contribution in [0.2, 0.25) is 0 Å². The van der Waals surface area contributed by atoms with E-state index in [1.165, 1.54) is 18.4 Å². The molecule has 0 unspecified atom stereocenters. The quantitative estimate of drug-likeness (QED) is 0.470. The molecule has 3 rings (SSSR count). The molecule has 2 nitrogen and oxygen atoms in total. The number of ether oxygens (including phenoxy) is 1. The van der Waals surface area contributed by atoms with E-state index in [2.05, 4.69) is 19.6 Å². The molecule has 2 aliphatic carbocycles. The average molecular weight is 230 g/mol. The maximum atomic E-state index is 11.6. The zero-order chi connectivity index (χ0) is 12.2. The largest absolute Gasteiger partial charge is 0.423 e. The highest BCUT2D eigenvalue weighted by atomic mass is 16.5. The van der Waals surface area contributed by atoms with E-state index in [1.807, 2.05) is 6.92 Å². The topological polar surface area (TPSA) is 26.3 Å². The van der Waals surface area contributed by atoms with Crippen LogP contribution in [0.25, 0.3) is 0 Å². The Labute approximate surface area is 102 Å². The van der Waals surface area contributed by atoms with Crippen LogP contribution in [0.15, 0.2) is 35.1 Å². The minimum atomic E-state index is -0.167. The van der Waals surface area contributed by atoms with Crippen LogP contribution in [0.1, 0.15) is 39.5 Å². The Kier molecular flexibility index (Phi) is 2.13. The van der Waals surface area contributed by atoms with Crippen LogP contribution < -0.4 is 0 Å². The number of allylic oxidation sites excluding steroid dienone is 3. The molecule has 0 saturated heterocycles. The predicted octanol–water partition coefficient (Wildman–Crippen LogP) is 3.51. The van der Waals surface area contributed by atoms with E-state index in [-0.39, 0.29) is 11.4 Å². The summed E-state index contributed by atoms with van der Waals surface area (Å²) < 4.78 is 5.35. The predicted molar refractivity (Wildman–Crippen MR) is 66.1 cm³/mol. The van der Waals surface area contributed by atoms with Crippen molar-refractivity contribution < 1.29 is 9.53 Å². The van der Waals surface area contributed by atoms with Gasteiger partial charge in [-0.05, 0) is 50.0 Å². The Balaban J connectivity index is 2.09. The first-order chi connectivity index (χ1) is 8.01. The third kappa shape index (κ3) is 1.43. The van der Waals surface area contributed by atoms with Crippen LogP contribution in [0.5, 0.6) is 0 Å². The lowest BCUT2D eigenvalue weighted by atomic mass is 9.60. The molecular weight excluding hydrogens is 212 g/mol. The maximum Gasteiger partial charge on any atom is 0.339 e. The van der Waals surface area contributed by atoms with Crippen molar-refractivity contribution in [2.45, 2.75) is 39.5 Å². The first-order valence-electron chi connectivity index (χ1n) is 6.34. The van der Waals surface area contributed by atoms with Gasteiger partial charge in [-0.25, -0.2) is 4.79 Å². The van der Waals surface area contributed by atoms with Gasteiger partial charge in [0, 0.05) is 11.1 Å². The molecule has 0 N–H and O–H groups in total. The fourth-order valence-electron chi connectivity index (χ4n) is 3.48. The lowest BCUT2D eigenvalue weighted by Gasteiger charge is -2.44. The van der Waals surface area contributed by atoms with Crippen LogP contribution in [0.4, 0.5) is 0 Å². The highest BCUT2D eigenvalue weighted by molar-refractivity contribution is 5.94. The van der Waals surface area contributed by atoms with E-state index in [0.29, 0.717) is 5.92 Å². The van der Waals surface area contributed by atoms with Gasteiger partial charge in [-0.15, -0.1) is 0 Å². The van der Waals surface area contributed by atoms with Gasteiger partial charge < -0.3 is 4.74 Å². The fraction of sp³-hybridized carbons (Fsp3) is 0.533. The first kappa shape index (κ1) is 10.8. The number of rotatable bonds is 0. The van der Waals surface area contributed by atoms with Crippen LogP contribution in [-0.4, -0.2) is 5.97 Å². The molecule has 2 heteroatoms. The Morgan fingerprint density at radius 3 is 3.06 bits per heavy atom. The second-order valence-corrected chi connectivity index (χ2v) is 5.78. The Morgan fingerprint density at radius 1 is 1.53 bits per heavy atom. The zero-order valence-corrected chi connectivity index (χ0v) is 10.5. The molecule has 0 radical (unpaired) electrons. The highest BCUT2D eigenvalue weighted by Gasteiger charge is 2.44. The molecule has 17 heavy (non-hydrogen) atoms. The van der Waals surface area contributed by atoms with Gasteiger partial charge in [0.15, 0.2) is 0 Å². The SMILES string of the molecule is C=C1CCC[C@]2(C)C=C3OC(=O)C(C)=C3C[C@H]12. The summed E-state index contributed by atoms with van der Waals surface area (Å²) in [4.78, 5) is 11.6. The second-order valence-electron chi connectivity index (χ2n) is 5.78. The van der Waals surface area contributed by atoms with Crippen LogP contribution in [-0.2, 0) is 9.53 Å². The monoisotopic (exact) mass is 230 g/mol. The van der Waals surface area contributed by atoms with Gasteiger partial charge in [0.05, 0.1) is 0 Å². The van der Waals surface area contributed by atoms with E-state index in [4.69, 9.17) is 4.74 Å². The lowest BCUT2D eigenvalue weighted by molar-refractivity contribution is -0.133. The normalized spacial score (nSPS) is 36.4. The molecule has 1 fully saturated rings. The Hall–Kier alpha value is -1.31. The number of hydrogen-bond donors (Lipinski definition) is 0. The molecular formula is C15H18O2. The molecule has 0 spiro atoms. The lowest BCUT2D eigenvalue weighted by Crippen LogP contribution is -2.34. The van der Waals surface area contributed by atoms with Crippen molar-refractivity contribution in [3.05, 3.63) is 35.1 Å². The number of carbonyl (C=O) groups is 1. The van der Waals surface area contributed by atoms with Gasteiger partial charge >= 0.3 is 5.97 Å². The van der Waals surface area contributed by atoms with E-state index >= 15 is 0 Å². The molecule has 1 heterocycles. The Morgan fingerprint density at radius 2 is 2.29 bits per heavy atom. The summed E-state index contributed by atoms with van der Waals surface area (Å²) in [5.41, 5.74) is 3.38. The Bertz CT molecular complexity index is 481. The summed E-state index contributed by atoms with van der Waals surface area (Å²) >= 11 is 0. The molecule has 3 aliphatic rings. The van der Waals surface area contributed by atoms with Crippen molar-refractivity contribution in [1.29, 1.82) is 0 Å². The van der Waals surface area contributed by atoms with Gasteiger partial charge in [0.2, 0.25) is 0 Å². The van der Waals surface area contributed by atoms with E-state index < -0.39 is 0 Å². The summed E-state index contributed by atoms with van der Waals surface area (Å²) in [5, 5.41) is 0. The van der Waals surface area contributed by atoms with Crippen LogP contribution in [0.3, 0.4) is 0 Å². The first-order valence-corrected chi connectivity index (χ1v) is 6.34. The van der Waals surface area contributed by atoms with E-state index in [0.717, 1.165) is 29.7 Å². The highest BCUT2D eigenvalue weighted by Crippen LogP contribution is 2.53. The van der Waals surface area contributed by atoms with Gasteiger partial charge in [-0.2, -0.15) is 0 Å². The average Bonchev–Trinajstić information content (AvgIpc) is 2.52. The summed E-state index contributed by atoms with van der Waals surface area (Å²) in [5.74, 6) is 1.14. The van der Waals surface area contributed by atoms with Gasteiger partial charge in [-0.3, -0.25) is 0 Å². The number of esters is 1. The molecule has 0 bridgehead atoms. The molecule has 0 aromatic rings. The molecule has 1 saturated carbocycles. The fourth-order valence-corrected chi connectivity index (χ4v) is 3.48. The minimum absolute atomic E-state index is 0.138. The third-order valence-electron chi connectivity index (χ3n) is 4.63. The molecule has 2 atom stereocenters. The van der Waals surface area contributed by atoms with Gasteiger partial charge in [-0.1, -0.05) is 19.1 Å². The molecule has 0 aromatic heterocycles. The minimum Gasteiger partial charge on any atom is -0.423 e. The van der Waals surface area contributed by atoms with Crippen LogP contribution in [0, 0.1) is 11.3 Å².